The Kier molecular flexibility index (Phi) is 6.70. The Bertz CT molecular complexity index is 1190. The molecule has 0 radical (unpaired) electrons. The van der Waals surface area contributed by atoms with Gasteiger partial charge in [0.05, 0.1) is 23.0 Å². The van der Waals surface area contributed by atoms with Crippen LogP contribution in [0.25, 0.3) is 11.0 Å². The molecule has 3 aromatic carbocycles. The van der Waals surface area contributed by atoms with Gasteiger partial charge in [0.25, 0.3) is 0 Å². The Morgan fingerprint density at radius 2 is 1.77 bits per heavy atom. The number of halogens is 2. The Balaban J connectivity index is 1.62. The molecule has 0 fully saturated rings. The molecule has 0 amide bonds. The number of nitrogens with zero attached hydrogens (tertiary/aromatic N) is 3. The smallest absolute Gasteiger partial charge is 0.324 e. The van der Waals surface area contributed by atoms with Gasteiger partial charge in [-0.3, -0.25) is 4.79 Å². The van der Waals surface area contributed by atoms with Crippen LogP contribution in [0.1, 0.15) is 5.56 Å². The molecule has 0 aliphatic rings. The van der Waals surface area contributed by atoms with Crippen molar-refractivity contribution in [1.29, 1.82) is 0 Å². The summed E-state index contributed by atoms with van der Waals surface area (Å²) in [6, 6.07) is 21.2. The number of hydrogen-bond acceptors (Lipinski definition) is 4. The van der Waals surface area contributed by atoms with Crippen LogP contribution in [0.5, 0.6) is 0 Å². The average Bonchev–Trinajstić information content (AvgIpc) is 3.14. The third-order valence-corrected chi connectivity index (χ3v) is 6.15. The molecule has 0 aliphatic carbocycles. The third kappa shape index (κ3) is 5.53. The zero-order valence-corrected chi connectivity index (χ0v) is 18.7. The highest BCUT2D eigenvalue weighted by Gasteiger charge is 2.15. The molecule has 0 bridgehead atoms. The molecule has 8 heteroatoms. The maximum Gasteiger partial charge on any atom is 0.324 e. The van der Waals surface area contributed by atoms with E-state index in [1.807, 2.05) is 42.7 Å². The Morgan fingerprint density at radius 3 is 2.48 bits per heavy atom. The molecular formula is C23H19Cl2N3O2S. The van der Waals surface area contributed by atoms with Crippen LogP contribution in [-0.2, 0) is 17.8 Å². The van der Waals surface area contributed by atoms with Crippen LogP contribution in [0.15, 0.2) is 78.0 Å². The lowest BCUT2D eigenvalue weighted by Gasteiger charge is -2.22. The predicted molar refractivity (Wildman–Crippen MR) is 127 cm³/mol. The van der Waals surface area contributed by atoms with Gasteiger partial charge in [0.2, 0.25) is 0 Å². The van der Waals surface area contributed by atoms with Crippen molar-refractivity contribution < 1.29 is 9.90 Å². The van der Waals surface area contributed by atoms with Crippen LogP contribution in [0.4, 0.5) is 5.69 Å². The Morgan fingerprint density at radius 1 is 1.03 bits per heavy atom. The fraction of sp³-hybridized carbons (Fsp3) is 0.130. The van der Waals surface area contributed by atoms with Crippen molar-refractivity contribution in [2.24, 2.45) is 0 Å². The standard InChI is InChI=1S/C23H19Cl2N3O2S/c24-17-10-18(25)12-20(11-17)31-28(14-23(29)30)19-6-7-21-22(13-19)27(15-26-21)9-8-16-4-2-1-3-5-16/h1-7,10-13,15H,8-9,14H2,(H,29,30). The van der Waals surface area contributed by atoms with Gasteiger partial charge in [0.15, 0.2) is 0 Å². The number of aliphatic carboxylic acids is 1. The summed E-state index contributed by atoms with van der Waals surface area (Å²) in [5.41, 5.74) is 3.83. The molecule has 1 aromatic heterocycles. The van der Waals surface area contributed by atoms with E-state index in [1.54, 1.807) is 22.5 Å². The van der Waals surface area contributed by atoms with Crippen molar-refractivity contribution in [3.63, 3.8) is 0 Å². The van der Waals surface area contributed by atoms with Gasteiger partial charge in [-0.15, -0.1) is 0 Å². The second-order valence-electron chi connectivity index (χ2n) is 6.97. The number of hydrogen-bond donors (Lipinski definition) is 1. The van der Waals surface area contributed by atoms with Crippen molar-refractivity contribution in [2.45, 2.75) is 17.9 Å². The van der Waals surface area contributed by atoms with E-state index >= 15 is 0 Å². The Hall–Kier alpha value is -2.67. The minimum absolute atomic E-state index is 0.182. The van der Waals surface area contributed by atoms with Crippen LogP contribution in [0, 0.1) is 0 Å². The predicted octanol–water partition coefficient (Wildman–Crippen LogP) is 6.18. The number of carboxylic acids is 1. The first-order valence-corrected chi connectivity index (χ1v) is 11.1. The number of carboxylic acid groups (broad SMARTS) is 1. The average molecular weight is 472 g/mol. The van der Waals surface area contributed by atoms with Gasteiger partial charge < -0.3 is 14.0 Å². The number of aryl methyl sites for hydroxylation is 2. The van der Waals surface area contributed by atoms with E-state index in [0.29, 0.717) is 10.0 Å². The fourth-order valence-electron chi connectivity index (χ4n) is 3.28. The topological polar surface area (TPSA) is 58.4 Å². The maximum absolute atomic E-state index is 11.5. The molecule has 0 saturated heterocycles. The van der Waals surface area contributed by atoms with E-state index in [0.717, 1.165) is 34.6 Å². The number of anilines is 1. The van der Waals surface area contributed by atoms with E-state index < -0.39 is 5.97 Å². The van der Waals surface area contributed by atoms with Gasteiger partial charge >= 0.3 is 5.97 Å². The molecule has 0 spiro atoms. The maximum atomic E-state index is 11.5. The van der Waals surface area contributed by atoms with E-state index in [9.17, 15) is 9.90 Å². The molecule has 1 heterocycles. The number of imidazole rings is 1. The second kappa shape index (κ2) is 9.64. The summed E-state index contributed by atoms with van der Waals surface area (Å²) in [5, 5.41) is 10.4. The van der Waals surface area contributed by atoms with Gasteiger partial charge in [-0.1, -0.05) is 53.5 Å². The summed E-state index contributed by atoms with van der Waals surface area (Å²) in [6.07, 6.45) is 2.70. The van der Waals surface area contributed by atoms with Crippen molar-refractivity contribution in [2.75, 3.05) is 10.8 Å². The van der Waals surface area contributed by atoms with Crippen LogP contribution >= 0.6 is 35.1 Å². The minimum Gasteiger partial charge on any atom is -0.480 e. The van der Waals surface area contributed by atoms with Crippen molar-refractivity contribution >= 4 is 57.8 Å². The first-order chi connectivity index (χ1) is 15.0. The van der Waals surface area contributed by atoms with E-state index in [1.165, 1.54) is 17.5 Å². The number of carbonyl (C=O) groups is 1. The molecule has 0 unspecified atom stereocenters. The van der Waals surface area contributed by atoms with Crippen LogP contribution in [0.3, 0.4) is 0 Å². The van der Waals surface area contributed by atoms with Gasteiger partial charge in [0.1, 0.15) is 6.54 Å². The summed E-state index contributed by atoms with van der Waals surface area (Å²) >= 11 is 13.5. The highest BCUT2D eigenvalue weighted by atomic mass is 35.5. The van der Waals surface area contributed by atoms with Crippen LogP contribution in [0.2, 0.25) is 10.0 Å². The van der Waals surface area contributed by atoms with Crippen molar-refractivity contribution in [1.82, 2.24) is 9.55 Å². The molecule has 0 aliphatic heterocycles. The number of aromatic nitrogens is 2. The summed E-state index contributed by atoms with van der Waals surface area (Å²) in [5.74, 6) is -0.932. The van der Waals surface area contributed by atoms with E-state index in [2.05, 4.69) is 21.7 Å². The molecule has 4 aromatic rings. The zero-order chi connectivity index (χ0) is 21.8. The number of fused-ring (bicyclic) bond motifs is 1. The quantitative estimate of drug-likeness (QED) is 0.310. The molecule has 1 N–H and O–H groups in total. The molecule has 0 saturated carbocycles. The van der Waals surface area contributed by atoms with Gasteiger partial charge in [-0.2, -0.15) is 0 Å². The number of benzene rings is 3. The minimum atomic E-state index is -0.932. The molecule has 31 heavy (non-hydrogen) atoms. The molecule has 158 valence electrons. The van der Waals surface area contributed by atoms with Crippen molar-refractivity contribution in [3.8, 4) is 0 Å². The highest BCUT2D eigenvalue weighted by Crippen LogP contribution is 2.33. The lowest BCUT2D eigenvalue weighted by molar-refractivity contribution is -0.135. The Labute approximate surface area is 194 Å². The molecule has 0 atom stereocenters. The highest BCUT2D eigenvalue weighted by molar-refractivity contribution is 8.00. The first-order valence-electron chi connectivity index (χ1n) is 9.60. The van der Waals surface area contributed by atoms with Crippen molar-refractivity contribution in [3.05, 3.63) is 88.7 Å². The molecule has 5 nitrogen and oxygen atoms in total. The van der Waals surface area contributed by atoms with Gasteiger partial charge in [-0.05, 0) is 60.3 Å². The van der Waals surface area contributed by atoms with Crippen LogP contribution in [-0.4, -0.2) is 27.2 Å². The fourth-order valence-corrected chi connectivity index (χ4v) is 4.94. The largest absolute Gasteiger partial charge is 0.480 e. The summed E-state index contributed by atoms with van der Waals surface area (Å²) < 4.78 is 3.80. The molecular weight excluding hydrogens is 453 g/mol. The number of rotatable bonds is 8. The second-order valence-corrected chi connectivity index (χ2v) is 8.94. The molecule has 4 rings (SSSR count). The van der Waals surface area contributed by atoms with E-state index in [-0.39, 0.29) is 6.54 Å². The summed E-state index contributed by atoms with van der Waals surface area (Å²) in [7, 11) is 0. The van der Waals surface area contributed by atoms with Gasteiger partial charge in [-0.25, -0.2) is 4.98 Å². The van der Waals surface area contributed by atoms with E-state index in [4.69, 9.17) is 23.2 Å². The lowest BCUT2D eigenvalue weighted by atomic mass is 10.1. The normalized spacial score (nSPS) is 11.0. The zero-order valence-electron chi connectivity index (χ0n) is 16.4. The third-order valence-electron chi connectivity index (χ3n) is 4.71. The summed E-state index contributed by atoms with van der Waals surface area (Å²) in [6.45, 7) is 0.596. The lowest BCUT2D eigenvalue weighted by Crippen LogP contribution is -2.22. The SMILES string of the molecule is O=C(O)CN(Sc1cc(Cl)cc(Cl)c1)c1ccc2ncn(CCc3ccccc3)c2c1. The van der Waals surface area contributed by atoms with Gasteiger partial charge in [0, 0.05) is 21.5 Å². The monoisotopic (exact) mass is 471 g/mol. The summed E-state index contributed by atoms with van der Waals surface area (Å²) in [4.78, 5) is 16.8. The van der Waals surface area contributed by atoms with Crippen LogP contribution < -0.4 is 4.31 Å². The first kappa shape index (κ1) is 21.6.